The second-order valence-corrected chi connectivity index (χ2v) is 5.70. The van der Waals surface area contributed by atoms with E-state index in [2.05, 4.69) is 20.7 Å². The number of anilines is 1. The molecule has 128 valence electrons. The van der Waals surface area contributed by atoms with Crippen molar-refractivity contribution in [3.8, 4) is 11.3 Å². The molecule has 0 fully saturated rings. The van der Waals surface area contributed by atoms with Gasteiger partial charge in [-0.25, -0.2) is 5.10 Å². The van der Waals surface area contributed by atoms with Crippen LogP contribution in [0, 0.1) is 0 Å². The molecule has 7 heteroatoms. The van der Waals surface area contributed by atoms with Crippen molar-refractivity contribution in [1.82, 2.24) is 15.4 Å². The Labute approximate surface area is 147 Å². The molecular weight excluding hydrogens is 332 g/mol. The van der Waals surface area contributed by atoms with E-state index in [1.807, 2.05) is 36.4 Å². The van der Waals surface area contributed by atoms with Crippen molar-refractivity contribution < 1.29 is 9.32 Å². The molecule has 0 atom stereocenters. The molecule has 0 saturated heterocycles. The van der Waals surface area contributed by atoms with Crippen LogP contribution in [0.5, 0.6) is 0 Å². The summed E-state index contributed by atoms with van der Waals surface area (Å²) in [4.78, 5) is 23.7. The fourth-order valence-corrected chi connectivity index (χ4v) is 2.72. The first kappa shape index (κ1) is 15.8. The van der Waals surface area contributed by atoms with Crippen LogP contribution in [0.4, 0.5) is 5.69 Å². The summed E-state index contributed by atoms with van der Waals surface area (Å²) in [6, 6.07) is 17.6. The number of benzene rings is 2. The second-order valence-electron chi connectivity index (χ2n) is 5.70. The minimum atomic E-state index is -0.284. The van der Waals surface area contributed by atoms with Crippen LogP contribution < -0.4 is 10.9 Å². The molecule has 0 aliphatic rings. The van der Waals surface area contributed by atoms with E-state index in [9.17, 15) is 9.59 Å². The number of fused-ring (bicyclic) bond motifs is 1. The molecule has 26 heavy (non-hydrogen) atoms. The van der Waals surface area contributed by atoms with Crippen LogP contribution in [0.25, 0.3) is 22.2 Å². The molecule has 1 amide bonds. The van der Waals surface area contributed by atoms with Crippen LogP contribution in [0.15, 0.2) is 70.0 Å². The van der Waals surface area contributed by atoms with Crippen LogP contribution in [-0.4, -0.2) is 21.3 Å². The van der Waals surface area contributed by atoms with Crippen molar-refractivity contribution in [3.63, 3.8) is 0 Å². The fourth-order valence-electron chi connectivity index (χ4n) is 2.72. The lowest BCUT2D eigenvalue weighted by molar-refractivity contribution is -0.115. The molecule has 2 aromatic heterocycles. The number of rotatable bonds is 4. The van der Waals surface area contributed by atoms with Gasteiger partial charge in [0.05, 0.1) is 17.8 Å². The molecule has 2 heterocycles. The summed E-state index contributed by atoms with van der Waals surface area (Å²) in [5.74, 6) is -0.221. The maximum atomic E-state index is 12.5. The molecular formula is C19H14N4O3. The van der Waals surface area contributed by atoms with E-state index >= 15 is 0 Å². The van der Waals surface area contributed by atoms with Crippen LogP contribution in [0.3, 0.4) is 0 Å². The number of carbonyl (C=O) groups excluding carboxylic acids is 1. The van der Waals surface area contributed by atoms with Gasteiger partial charge in [0.25, 0.3) is 5.56 Å². The van der Waals surface area contributed by atoms with Crippen molar-refractivity contribution in [2.45, 2.75) is 6.42 Å². The molecule has 2 aromatic carbocycles. The van der Waals surface area contributed by atoms with Gasteiger partial charge in [0.15, 0.2) is 5.58 Å². The minimum Gasteiger partial charge on any atom is -0.356 e. The number of carbonyl (C=O) groups is 1. The zero-order valence-corrected chi connectivity index (χ0v) is 13.6. The highest BCUT2D eigenvalue weighted by Crippen LogP contribution is 2.26. The molecule has 0 spiro atoms. The molecule has 4 rings (SSSR count). The summed E-state index contributed by atoms with van der Waals surface area (Å²) < 4.78 is 5.23. The first-order valence-electron chi connectivity index (χ1n) is 7.99. The minimum absolute atomic E-state index is 0.0877. The Morgan fingerprint density at radius 2 is 1.85 bits per heavy atom. The number of hydrogen-bond acceptors (Lipinski definition) is 5. The first-order valence-corrected chi connectivity index (χ1v) is 7.99. The van der Waals surface area contributed by atoms with Crippen molar-refractivity contribution in [2.24, 2.45) is 0 Å². The zero-order valence-electron chi connectivity index (χ0n) is 13.6. The van der Waals surface area contributed by atoms with Crippen molar-refractivity contribution in [3.05, 3.63) is 76.7 Å². The van der Waals surface area contributed by atoms with E-state index in [1.165, 1.54) is 6.07 Å². The quantitative estimate of drug-likeness (QED) is 0.592. The third-order valence-corrected chi connectivity index (χ3v) is 3.94. The van der Waals surface area contributed by atoms with Gasteiger partial charge in [-0.2, -0.15) is 5.10 Å². The second kappa shape index (κ2) is 6.64. The normalized spacial score (nSPS) is 10.8. The summed E-state index contributed by atoms with van der Waals surface area (Å²) >= 11 is 0. The zero-order chi connectivity index (χ0) is 17.9. The average Bonchev–Trinajstić information content (AvgIpc) is 3.06. The number of para-hydroxylation sites is 2. The predicted molar refractivity (Wildman–Crippen MR) is 96.6 cm³/mol. The summed E-state index contributed by atoms with van der Waals surface area (Å²) in [7, 11) is 0. The molecule has 0 unspecified atom stereocenters. The Balaban J connectivity index is 1.58. The van der Waals surface area contributed by atoms with Crippen molar-refractivity contribution in [1.29, 1.82) is 0 Å². The number of aromatic amines is 1. The van der Waals surface area contributed by atoms with E-state index in [4.69, 9.17) is 4.52 Å². The van der Waals surface area contributed by atoms with E-state index in [0.29, 0.717) is 28.2 Å². The van der Waals surface area contributed by atoms with E-state index in [0.717, 1.165) is 5.39 Å². The van der Waals surface area contributed by atoms with Crippen molar-refractivity contribution in [2.75, 3.05) is 5.32 Å². The number of amides is 1. The van der Waals surface area contributed by atoms with Gasteiger partial charge >= 0.3 is 0 Å². The molecule has 0 aliphatic heterocycles. The molecule has 0 aliphatic carbocycles. The lowest BCUT2D eigenvalue weighted by atomic mass is 10.1. The molecule has 0 radical (unpaired) electrons. The third-order valence-electron chi connectivity index (χ3n) is 3.94. The van der Waals surface area contributed by atoms with Crippen molar-refractivity contribution >= 4 is 22.6 Å². The molecule has 7 nitrogen and oxygen atoms in total. The Morgan fingerprint density at radius 1 is 1.04 bits per heavy atom. The molecule has 0 bridgehead atoms. The van der Waals surface area contributed by atoms with Gasteiger partial charge in [-0.05, 0) is 24.3 Å². The summed E-state index contributed by atoms with van der Waals surface area (Å²) in [5.41, 5.74) is 2.82. The Morgan fingerprint density at radius 3 is 2.69 bits per heavy atom. The van der Waals surface area contributed by atoms with Crippen LogP contribution >= 0.6 is 0 Å². The highest BCUT2D eigenvalue weighted by atomic mass is 16.5. The lowest BCUT2D eigenvalue weighted by Crippen LogP contribution is -2.15. The molecule has 4 aromatic rings. The SMILES string of the molecule is O=C(Cc1noc2ccccc12)Nc1ccccc1-c1ccc(=O)[nH]n1. The Kier molecular flexibility index (Phi) is 4.03. The maximum absolute atomic E-state index is 12.5. The maximum Gasteiger partial charge on any atom is 0.264 e. The van der Waals surface area contributed by atoms with Crippen LogP contribution in [-0.2, 0) is 11.2 Å². The Bertz CT molecular complexity index is 1130. The molecule has 2 N–H and O–H groups in total. The van der Waals surface area contributed by atoms with Gasteiger partial charge in [0.2, 0.25) is 5.91 Å². The Hall–Kier alpha value is -3.74. The highest BCUT2D eigenvalue weighted by Gasteiger charge is 2.14. The monoisotopic (exact) mass is 346 g/mol. The summed E-state index contributed by atoms with van der Waals surface area (Å²) in [5, 5.41) is 14.1. The van der Waals surface area contributed by atoms with E-state index in [-0.39, 0.29) is 17.9 Å². The van der Waals surface area contributed by atoms with Gasteiger partial charge in [0, 0.05) is 17.0 Å². The average molecular weight is 346 g/mol. The molecule has 0 saturated carbocycles. The van der Waals surface area contributed by atoms with Gasteiger partial charge in [0.1, 0.15) is 5.69 Å². The fraction of sp³-hybridized carbons (Fsp3) is 0.0526. The topological polar surface area (TPSA) is 101 Å². The largest absolute Gasteiger partial charge is 0.356 e. The number of H-pyrrole nitrogens is 1. The third kappa shape index (κ3) is 3.10. The predicted octanol–water partition coefficient (Wildman–Crippen LogP) is 2.76. The smallest absolute Gasteiger partial charge is 0.264 e. The number of nitrogens with one attached hydrogen (secondary N) is 2. The summed E-state index contributed by atoms with van der Waals surface area (Å²) in [6.45, 7) is 0. The number of nitrogens with zero attached hydrogens (tertiary/aromatic N) is 2. The van der Waals surface area contributed by atoms with E-state index < -0.39 is 0 Å². The van der Waals surface area contributed by atoms with Crippen LogP contribution in [0.2, 0.25) is 0 Å². The lowest BCUT2D eigenvalue weighted by Gasteiger charge is -2.09. The van der Waals surface area contributed by atoms with E-state index in [1.54, 1.807) is 18.2 Å². The summed E-state index contributed by atoms with van der Waals surface area (Å²) in [6.07, 6.45) is 0.0877. The van der Waals surface area contributed by atoms with Gasteiger partial charge in [-0.15, -0.1) is 0 Å². The van der Waals surface area contributed by atoms with Crippen LogP contribution in [0.1, 0.15) is 5.69 Å². The van der Waals surface area contributed by atoms with Gasteiger partial charge < -0.3 is 9.84 Å². The standard InChI is InChI=1S/C19H14N4O3/c24-18-10-9-15(21-22-18)12-5-1-3-7-14(12)20-19(25)11-16-13-6-2-4-8-17(13)26-23-16/h1-10H,11H2,(H,20,25)(H,22,24). The highest BCUT2D eigenvalue weighted by molar-refractivity contribution is 5.97. The first-order chi connectivity index (χ1) is 12.7. The number of aromatic nitrogens is 3. The number of hydrogen-bond donors (Lipinski definition) is 2. The van der Waals surface area contributed by atoms with Gasteiger partial charge in [-0.3, -0.25) is 9.59 Å². The van der Waals surface area contributed by atoms with Gasteiger partial charge in [-0.1, -0.05) is 35.5 Å².